The second-order valence-corrected chi connectivity index (χ2v) is 3.72. The number of nitrogens with one attached hydrogen (secondary N) is 1. The van der Waals surface area contributed by atoms with Gasteiger partial charge >= 0.3 is 5.97 Å². The lowest BCUT2D eigenvalue weighted by Gasteiger charge is -2.03. The average molecular weight is 241 g/mol. The minimum absolute atomic E-state index is 0.465. The van der Waals surface area contributed by atoms with Crippen molar-refractivity contribution in [2.24, 2.45) is 0 Å². The van der Waals surface area contributed by atoms with E-state index in [0.717, 1.165) is 22.9 Å². The molecule has 2 rings (SSSR count). The van der Waals surface area contributed by atoms with Crippen LogP contribution in [0.1, 0.15) is 0 Å². The number of carboxylic acid groups (broad SMARTS) is 1. The van der Waals surface area contributed by atoms with Crippen LogP contribution in [0, 0.1) is 0 Å². The van der Waals surface area contributed by atoms with Crippen molar-refractivity contribution in [3.8, 4) is 0 Å². The van der Waals surface area contributed by atoms with Crippen LogP contribution in [-0.4, -0.2) is 17.0 Å². The van der Waals surface area contributed by atoms with Gasteiger partial charge in [0.15, 0.2) is 0 Å². The third-order valence-electron chi connectivity index (χ3n) is 2.39. The lowest BCUT2D eigenvalue weighted by atomic mass is 10.1. The molecule has 0 aliphatic rings. The highest BCUT2D eigenvalue weighted by Gasteiger charge is 2.00. The Morgan fingerprint density at radius 1 is 1.00 bits per heavy atom. The first kappa shape index (κ1) is 11.9. The van der Waals surface area contributed by atoms with Gasteiger partial charge in [-0.1, -0.05) is 30.3 Å². The molecular weight excluding hydrogens is 230 g/mol. The maximum absolute atomic E-state index is 11.4. The van der Waals surface area contributed by atoms with Crippen LogP contribution in [0.4, 0.5) is 5.69 Å². The molecule has 0 saturated carbocycles. The number of benzene rings is 2. The highest BCUT2D eigenvalue weighted by Crippen LogP contribution is 2.18. The lowest BCUT2D eigenvalue weighted by Crippen LogP contribution is -2.08. The van der Waals surface area contributed by atoms with Gasteiger partial charge < -0.3 is 10.4 Å². The first-order valence-corrected chi connectivity index (χ1v) is 5.36. The summed E-state index contributed by atoms with van der Waals surface area (Å²) in [6.07, 6.45) is 1.79. The van der Waals surface area contributed by atoms with Crippen LogP contribution in [0.25, 0.3) is 10.8 Å². The number of carbonyl (C=O) groups excluding carboxylic acids is 1. The average Bonchev–Trinajstić information content (AvgIpc) is 2.36. The Hall–Kier alpha value is -2.62. The van der Waals surface area contributed by atoms with E-state index >= 15 is 0 Å². The van der Waals surface area contributed by atoms with Crippen LogP contribution in [0.2, 0.25) is 0 Å². The number of rotatable bonds is 3. The van der Waals surface area contributed by atoms with Crippen molar-refractivity contribution < 1.29 is 14.7 Å². The predicted octanol–water partition coefficient (Wildman–Crippen LogP) is 2.42. The molecule has 0 fully saturated rings. The molecule has 4 heteroatoms. The second-order valence-electron chi connectivity index (χ2n) is 3.72. The monoisotopic (exact) mass is 241 g/mol. The van der Waals surface area contributed by atoms with Crippen LogP contribution in [0.5, 0.6) is 0 Å². The zero-order valence-electron chi connectivity index (χ0n) is 9.46. The van der Waals surface area contributed by atoms with Gasteiger partial charge in [0.25, 0.3) is 0 Å². The van der Waals surface area contributed by atoms with Crippen molar-refractivity contribution in [1.29, 1.82) is 0 Å². The Bertz CT molecular complexity index is 632. The molecule has 0 spiro atoms. The quantitative estimate of drug-likeness (QED) is 0.811. The fourth-order valence-corrected chi connectivity index (χ4v) is 1.60. The summed E-state index contributed by atoms with van der Waals surface area (Å²) in [7, 11) is 0. The zero-order chi connectivity index (χ0) is 13.0. The molecule has 0 aliphatic heterocycles. The van der Waals surface area contributed by atoms with Gasteiger partial charge in [-0.2, -0.15) is 0 Å². The van der Waals surface area contributed by atoms with Gasteiger partial charge in [-0.15, -0.1) is 0 Å². The lowest BCUT2D eigenvalue weighted by molar-refractivity contribution is -0.131. The SMILES string of the molecule is O=C(O)C=CC(=O)Nc1ccc2ccccc2c1. The van der Waals surface area contributed by atoms with Crippen molar-refractivity contribution in [3.63, 3.8) is 0 Å². The third-order valence-corrected chi connectivity index (χ3v) is 2.39. The first-order valence-electron chi connectivity index (χ1n) is 5.36. The van der Waals surface area contributed by atoms with Crippen LogP contribution < -0.4 is 5.32 Å². The topological polar surface area (TPSA) is 66.4 Å². The molecule has 0 atom stereocenters. The summed E-state index contributed by atoms with van der Waals surface area (Å²) in [5, 5.41) is 13.1. The summed E-state index contributed by atoms with van der Waals surface area (Å²) in [4.78, 5) is 21.7. The van der Waals surface area contributed by atoms with Gasteiger partial charge in [0.05, 0.1) is 0 Å². The molecule has 2 aromatic rings. The number of aliphatic carboxylic acids is 1. The summed E-state index contributed by atoms with van der Waals surface area (Å²) in [6.45, 7) is 0. The molecule has 2 N–H and O–H groups in total. The number of fused-ring (bicyclic) bond motifs is 1. The van der Waals surface area contributed by atoms with Crippen molar-refractivity contribution in [1.82, 2.24) is 0 Å². The van der Waals surface area contributed by atoms with Crippen LogP contribution in [0.3, 0.4) is 0 Å². The van der Waals surface area contributed by atoms with Gasteiger partial charge in [0.2, 0.25) is 5.91 Å². The van der Waals surface area contributed by atoms with Gasteiger partial charge in [0.1, 0.15) is 0 Å². The Balaban J connectivity index is 2.17. The third kappa shape index (κ3) is 2.95. The number of anilines is 1. The van der Waals surface area contributed by atoms with Crippen molar-refractivity contribution in [2.45, 2.75) is 0 Å². The highest BCUT2D eigenvalue weighted by atomic mass is 16.4. The maximum atomic E-state index is 11.4. The Labute approximate surface area is 104 Å². The minimum Gasteiger partial charge on any atom is -0.478 e. The van der Waals surface area contributed by atoms with E-state index in [4.69, 9.17) is 5.11 Å². The van der Waals surface area contributed by atoms with Gasteiger partial charge in [-0.05, 0) is 22.9 Å². The van der Waals surface area contributed by atoms with E-state index in [2.05, 4.69) is 5.32 Å². The minimum atomic E-state index is -1.15. The zero-order valence-corrected chi connectivity index (χ0v) is 9.46. The molecule has 0 radical (unpaired) electrons. The molecule has 1 amide bonds. The summed E-state index contributed by atoms with van der Waals surface area (Å²) in [5.41, 5.74) is 0.633. The Morgan fingerprint density at radius 2 is 1.72 bits per heavy atom. The van der Waals surface area contributed by atoms with Crippen molar-refractivity contribution in [2.75, 3.05) is 5.32 Å². The fraction of sp³-hybridized carbons (Fsp3) is 0. The predicted molar refractivity (Wildman–Crippen MR) is 69.4 cm³/mol. The second kappa shape index (κ2) is 5.14. The van der Waals surface area contributed by atoms with E-state index in [1.54, 1.807) is 6.07 Å². The van der Waals surface area contributed by atoms with Crippen LogP contribution in [0.15, 0.2) is 54.6 Å². The van der Waals surface area contributed by atoms with E-state index in [-0.39, 0.29) is 0 Å². The number of hydrogen-bond donors (Lipinski definition) is 2. The number of carbonyl (C=O) groups is 2. The number of amides is 1. The van der Waals surface area contributed by atoms with E-state index in [0.29, 0.717) is 5.69 Å². The summed E-state index contributed by atoms with van der Waals surface area (Å²) < 4.78 is 0. The molecule has 0 unspecified atom stereocenters. The van der Waals surface area contributed by atoms with E-state index in [1.165, 1.54) is 0 Å². The molecule has 2 aromatic carbocycles. The summed E-state index contributed by atoms with van der Waals surface area (Å²) in [6, 6.07) is 13.3. The first-order chi connectivity index (χ1) is 8.65. The largest absolute Gasteiger partial charge is 0.478 e. The van der Waals surface area contributed by atoms with Crippen LogP contribution >= 0.6 is 0 Å². The standard InChI is InChI=1S/C14H11NO3/c16-13(7-8-14(17)18)15-12-6-5-10-3-1-2-4-11(10)9-12/h1-9H,(H,15,16)(H,17,18). The van der Waals surface area contributed by atoms with E-state index in [9.17, 15) is 9.59 Å². The number of hydrogen-bond acceptors (Lipinski definition) is 2. The molecule has 18 heavy (non-hydrogen) atoms. The molecule has 0 aromatic heterocycles. The van der Waals surface area contributed by atoms with Crippen molar-refractivity contribution >= 4 is 28.3 Å². The molecule has 4 nitrogen and oxygen atoms in total. The van der Waals surface area contributed by atoms with E-state index in [1.807, 2.05) is 36.4 Å². The summed E-state index contributed by atoms with van der Waals surface area (Å²) >= 11 is 0. The number of carboxylic acids is 1. The normalized spacial score (nSPS) is 10.7. The van der Waals surface area contributed by atoms with Gasteiger partial charge in [-0.3, -0.25) is 4.79 Å². The van der Waals surface area contributed by atoms with Crippen molar-refractivity contribution in [3.05, 3.63) is 54.6 Å². The molecule has 0 saturated heterocycles. The summed E-state index contributed by atoms with van der Waals surface area (Å²) in [5.74, 6) is -1.61. The molecule has 0 aliphatic carbocycles. The van der Waals surface area contributed by atoms with E-state index < -0.39 is 11.9 Å². The Morgan fingerprint density at radius 3 is 2.44 bits per heavy atom. The van der Waals surface area contributed by atoms with Gasteiger partial charge in [0, 0.05) is 17.8 Å². The molecular formula is C14H11NO3. The Kier molecular flexibility index (Phi) is 3.38. The smallest absolute Gasteiger partial charge is 0.328 e. The fourth-order valence-electron chi connectivity index (χ4n) is 1.60. The molecule has 0 heterocycles. The molecule has 90 valence electrons. The molecule has 0 bridgehead atoms. The maximum Gasteiger partial charge on any atom is 0.328 e. The highest BCUT2D eigenvalue weighted by molar-refractivity contribution is 6.03. The van der Waals surface area contributed by atoms with Crippen LogP contribution in [-0.2, 0) is 9.59 Å². The van der Waals surface area contributed by atoms with Gasteiger partial charge in [-0.25, -0.2) is 4.79 Å².